The average molecular weight is 224 g/mol. The Morgan fingerprint density at radius 2 is 2.31 bits per heavy atom. The summed E-state index contributed by atoms with van der Waals surface area (Å²) in [6, 6.07) is 4.34. The molecule has 4 heteroatoms. The maximum Gasteiger partial charge on any atom is 0.309 e. The Morgan fingerprint density at radius 1 is 1.56 bits per heavy atom. The van der Waals surface area contributed by atoms with Crippen LogP contribution in [0.1, 0.15) is 23.7 Å². The molecule has 0 aliphatic carbocycles. The Balaban J connectivity index is 2.32. The zero-order valence-corrected chi connectivity index (χ0v) is 8.94. The van der Waals surface area contributed by atoms with Gasteiger partial charge in [-0.25, -0.2) is 4.39 Å². The number of benzene rings is 1. The highest BCUT2D eigenvalue weighted by atomic mass is 19.1. The lowest BCUT2D eigenvalue weighted by molar-refractivity contribution is -0.143. The maximum absolute atomic E-state index is 12.9. The first kappa shape index (κ1) is 11.1. The van der Waals surface area contributed by atoms with E-state index < -0.39 is 18.0 Å². The Hall–Kier alpha value is -1.42. The molecule has 16 heavy (non-hydrogen) atoms. The second-order valence-corrected chi connectivity index (χ2v) is 4.03. The molecule has 1 heterocycles. The molecule has 1 saturated heterocycles. The third-order valence-electron chi connectivity index (χ3n) is 2.95. The number of carboxylic acid groups (broad SMARTS) is 1. The number of aryl methyl sites for hydroxylation is 1. The molecule has 2 rings (SSSR count). The van der Waals surface area contributed by atoms with E-state index in [4.69, 9.17) is 9.84 Å². The van der Waals surface area contributed by atoms with Gasteiger partial charge in [-0.15, -0.1) is 0 Å². The van der Waals surface area contributed by atoms with Crippen molar-refractivity contribution in [2.24, 2.45) is 5.92 Å². The fourth-order valence-corrected chi connectivity index (χ4v) is 2.11. The first-order chi connectivity index (χ1) is 7.59. The molecule has 2 atom stereocenters. The lowest BCUT2D eigenvalue weighted by atomic mass is 9.93. The van der Waals surface area contributed by atoms with Crippen LogP contribution in [0.5, 0.6) is 0 Å². The van der Waals surface area contributed by atoms with Crippen molar-refractivity contribution in [2.75, 3.05) is 6.61 Å². The smallest absolute Gasteiger partial charge is 0.309 e. The fraction of sp³-hybridized carbons (Fsp3) is 0.417. The molecule has 1 N–H and O–H groups in total. The highest BCUT2D eigenvalue weighted by molar-refractivity contribution is 5.71. The average Bonchev–Trinajstić information content (AvgIpc) is 2.66. The van der Waals surface area contributed by atoms with Crippen LogP contribution in [0.25, 0.3) is 0 Å². The van der Waals surface area contributed by atoms with Crippen molar-refractivity contribution in [3.63, 3.8) is 0 Å². The molecule has 1 aliphatic heterocycles. The van der Waals surface area contributed by atoms with Gasteiger partial charge in [0.25, 0.3) is 0 Å². The van der Waals surface area contributed by atoms with Gasteiger partial charge in [-0.05, 0) is 36.6 Å². The minimum atomic E-state index is -0.855. The van der Waals surface area contributed by atoms with Crippen molar-refractivity contribution in [3.8, 4) is 0 Å². The van der Waals surface area contributed by atoms with Gasteiger partial charge in [-0.1, -0.05) is 6.07 Å². The molecule has 0 amide bonds. The van der Waals surface area contributed by atoms with Crippen LogP contribution in [0.3, 0.4) is 0 Å². The predicted octanol–water partition coefficient (Wildman–Crippen LogP) is 2.30. The van der Waals surface area contributed by atoms with Gasteiger partial charge in [0.1, 0.15) is 5.82 Å². The Morgan fingerprint density at radius 3 is 2.94 bits per heavy atom. The molecule has 1 aromatic rings. The molecule has 3 nitrogen and oxygen atoms in total. The van der Waals surface area contributed by atoms with Crippen molar-refractivity contribution in [1.82, 2.24) is 0 Å². The summed E-state index contributed by atoms with van der Waals surface area (Å²) in [6.45, 7) is 2.21. The zero-order valence-electron chi connectivity index (χ0n) is 8.94. The quantitative estimate of drug-likeness (QED) is 0.838. The molecule has 0 radical (unpaired) electrons. The maximum atomic E-state index is 12.9. The van der Waals surface area contributed by atoms with Crippen LogP contribution in [-0.2, 0) is 9.53 Å². The summed E-state index contributed by atoms with van der Waals surface area (Å²) in [5, 5.41) is 9.04. The van der Waals surface area contributed by atoms with Crippen molar-refractivity contribution < 1.29 is 19.0 Å². The van der Waals surface area contributed by atoms with E-state index in [-0.39, 0.29) is 5.82 Å². The van der Waals surface area contributed by atoms with E-state index in [2.05, 4.69) is 0 Å². The van der Waals surface area contributed by atoms with E-state index in [0.29, 0.717) is 13.0 Å². The van der Waals surface area contributed by atoms with Gasteiger partial charge in [-0.3, -0.25) is 4.79 Å². The SMILES string of the molecule is Cc1cc(F)ccc1C1OCCC1C(=O)O. The predicted molar refractivity (Wildman–Crippen MR) is 55.6 cm³/mol. The number of hydrogen-bond donors (Lipinski definition) is 1. The fourth-order valence-electron chi connectivity index (χ4n) is 2.11. The topological polar surface area (TPSA) is 46.5 Å². The van der Waals surface area contributed by atoms with E-state index in [1.807, 2.05) is 0 Å². The monoisotopic (exact) mass is 224 g/mol. The Kier molecular flexibility index (Phi) is 2.92. The molecular formula is C12H13FO3. The standard InChI is InChI=1S/C12H13FO3/c1-7-6-8(13)2-3-9(7)11-10(12(14)15)4-5-16-11/h2-3,6,10-11H,4-5H2,1H3,(H,14,15). The van der Waals surface area contributed by atoms with Gasteiger partial charge >= 0.3 is 5.97 Å². The number of rotatable bonds is 2. The van der Waals surface area contributed by atoms with E-state index in [1.54, 1.807) is 13.0 Å². The third kappa shape index (κ3) is 1.93. The van der Waals surface area contributed by atoms with E-state index in [0.717, 1.165) is 11.1 Å². The summed E-state index contributed by atoms with van der Waals surface area (Å²) >= 11 is 0. The van der Waals surface area contributed by atoms with Crippen LogP contribution < -0.4 is 0 Å². The summed E-state index contributed by atoms with van der Waals surface area (Å²) in [5.41, 5.74) is 1.50. The molecular weight excluding hydrogens is 211 g/mol. The van der Waals surface area contributed by atoms with Gasteiger partial charge in [-0.2, -0.15) is 0 Å². The van der Waals surface area contributed by atoms with E-state index >= 15 is 0 Å². The molecule has 86 valence electrons. The van der Waals surface area contributed by atoms with Crippen molar-refractivity contribution in [1.29, 1.82) is 0 Å². The normalized spacial score (nSPS) is 24.6. The molecule has 0 saturated carbocycles. The van der Waals surface area contributed by atoms with Gasteiger partial charge in [0.2, 0.25) is 0 Å². The lowest BCUT2D eigenvalue weighted by Gasteiger charge is -2.17. The van der Waals surface area contributed by atoms with Crippen LogP contribution in [0.15, 0.2) is 18.2 Å². The van der Waals surface area contributed by atoms with Gasteiger partial charge in [0.05, 0.1) is 12.0 Å². The summed E-state index contributed by atoms with van der Waals surface area (Å²) < 4.78 is 18.4. The van der Waals surface area contributed by atoms with Crippen LogP contribution in [0, 0.1) is 18.7 Å². The van der Waals surface area contributed by atoms with Crippen LogP contribution in [0.4, 0.5) is 4.39 Å². The minimum Gasteiger partial charge on any atom is -0.481 e. The van der Waals surface area contributed by atoms with Gasteiger partial charge in [0, 0.05) is 6.61 Å². The first-order valence-corrected chi connectivity index (χ1v) is 5.20. The molecule has 2 unspecified atom stereocenters. The molecule has 0 bridgehead atoms. The first-order valence-electron chi connectivity index (χ1n) is 5.20. The summed E-state index contributed by atoms with van der Waals surface area (Å²) in [6.07, 6.45) is 0.0645. The number of ether oxygens (including phenoxy) is 1. The summed E-state index contributed by atoms with van der Waals surface area (Å²) in [4.78, 5) is 11.0. The largest absolute Gasteiger partial charge is 0.481 e. The number of hydrogen-bond acceptors (Lipinski definition) is 2. The van der Waals surface area contributed by atoms with Crippen molar-refractivity contribution in [3.05, 3.63) is 35.1 Å². The Bertz CT molecular complexity index is 417. The van der Waals surface area contributed by atoms with E-state index in [1.165, 1.54) is 12.1 Å². The van der Waals surface area contributed by atoms with Gasteiger partial charge in [0.15, 0.2) is 0 Å². The summed E-state index contributed by atoms with van der Waals surface area (Å²) in [5.74, 6) is -1.69. The Labute approximate surface area is 92.9 Å². The van der Waals surface area contributed by atoms with E-state index in [9.17, 15) is 9.18 Å². The highest BCUT2D eigenvalue weighted by Crippen LogP contribution is 2.36. The molecule has 1 aliphatic rings. The second kappa shape index (κ2) is 4.22. The van der Waals surface area contributed by atoms with Gasteiger partial charge < -0.3 is 9.84 Å². The number of halogens is 1. The molecule has 1 aromatic carbocycles. The molecule has 0 aromatic heterocycles. The zero-order chi connectivity index (χ0) is 11.7. The van der Waals surface area contributed by atoms with Crippen LogP contribution in [-0.4, -0.2) is 17.7 Å². The van der Waals surface area contributed by atoms with Crippen molar-refractivity contribution in [2.45, 2.75) is 19.4 Å². The lowest BCUT2D eigenvalue weighted by Crippen LogP contribution is -2.18. The number of carbonyl (C=O) groups is 1. The second-order valence-electron chi connectivity index (χ2n) is 4.03. The van der Waals surface area contributed by atoms with Crippen molar-refractivity contribution >= 4 is 5.97 Å². The third-order valence-corrected chi connectivity index (χ3v) is 2.95. The number of carboxylic acids is 1. The highest BCUT2D eigenvalue weighted by Gasteiger charge is 2.35. The molecule has 1 fully saturated rings. The molecule has 0 spiro atoms. The summed E-state index contributed by atoms with van der Waals surface area (Å²) in [7, 11) is 0. The van der Waals surface area contributed by atoms with Crippen LogP contribution >= 0.6 is 0 Å². The number of aliphatic carboxylic acids is 1. The minimum absolute atomic E-state index is 0.314. The van der Waals surface area contributed by atoms with Crippen LogP contribution in [0.2, 0.25) is 0 Å².